The summed E-state index contributed by atoms with van der Waals surface area (Å²) in [6, 6.07) is 8.66. The monoisotopic (exact) mass is 324 g/mol. The van der Waals surface area contributed by atoms with Crippen LogP contribution in [0.2, 0.25) is 0 Å². The SMILES string of the molecule is C#CCSc1ncnc2sc(CC)c(-c3ccc(C)cc3)c12. The smallest absolute Gasteiger partial charge is 0.128 e. The van der Waals surface area contributed by atoms with Crippen molar-refractivity contribution in [2.24, 2.45) is 0 Å². The molecule has 0 bridgehead atoms. The molecule has 0 aliphatic heterocycles. The molecule has 110 valence electrons. The Morgan fingerprint density at radius 2 is 2.00 bits per heavy atom. The van der Waals surface area contributed by atoms with Crippen molar-refractivity contribution in [2.45, 2.75) is 25.3 Å². The van der Waals surface area contributed by atoms with Crippen LogP contribution in [0, 0.1) is 19.3 Å². The molecule has 2 nitrogen and oxygen atoms in total. The summed E-state index contributed by atoms with van der Waals surface area (Å²) >= 11 is 3.36. The Hall–Kier alpha value is -1.83. The lowest BCUT2D eigenvalue weighted by Crippen LogP contribution is -1.88. The third-order valence-electron chi connectivity index (χ3n) is 3.48. The number of aryl methyl sites for hydroxylation is 2. The van der Waals surface area contributed by atoms with Gasteiger partial charge in [0.15, 0.2) is 0 Å². The van der Waals surface area contributed by atoms with Gasteiger partial charge in [-0.3, -0.25) is 0 Å². The zero-order valence-electron chi connectivity index (χ0n) is 12.6. The lowest BCUT2D eigenvalue weighted by molar-refractivity contribution is 1.11. The highest BCUT2D eigenvalue weighted by molar-refractivity contribution is 7.99. The number of benzene rings is 1. The fraction of sp³-hybridized carbons (Fsp3) is 0.222. The van der Waals surface area contributed by atoms with E-state index in [0.29, 0.717) is 5.75 Å². The van der Waals surface area contributed by atoms with Crippen LogP contribution in [0.15, 0.2) is 35.6 Å². The molecule has 0 aliphatic rings. The van der Waals surface area contributed by atoms with E-state index in [1.807, 2.05) is 0 Å². The minimum atomic E-state index is 0.622. The number of aromatic nitrogens is 2. The molecular formula is C18H16N2S2. The molecule has 0 unspecified atom stereocenters. The van der Waals surface area contributed by atoms with Crippen LogP contribution in [-0.2, 0) is 6.42 Å². The topological polar surface area (TPSA) is 25.8 Å². The number of terminal acetylenes is 1. The predicted molar refractivity (Wildman–Crippen MR) is 96.5 cm³/mol. The highest BCUT2D eigenvalue weighted by Gasteiger charge is 2.17. The van der Waals surface area contributed by atoms with E-state index >= 15 is 0 Å². The van der Waals surface area contributed by atoms with Crippen molar-refractivity contribution < 1.29 is 0 Å². The van der Waals surface area contributed by atoms with Gasteiger partial charge in [0, 0.05) is 10.4 Å². The molecule has 3 rings (SSSR count). The molecule has 2 aromatic heterocycles. The normalized spacial score (nSPS) is 10.8. The quantitative estimate of drug-likeness (QED) is 0.385. The first kappa shape index (κ1) is 15.1. The van der Waals surface area contributed by atoms with E-state index in [2.05, 4.69) is 54.0 Å². The molecule has 0 radical (unpaired) electrons. The lowest BCUT2D eigenvalue weighted by Gasteiger charge is -2.06. The van der Waals surface area contributed by atoms with Gasteiger partial charge in [-0.1, -0.05) is 54.4 Å². The van der Waals surface area contributed by atoms with Gasteiger partial charge in [-0.05, 0) is 18.9 Å². The highest BCUT2D eigenvalue weighted by atomic mass is 32.2. The minimum Gasteiger partial charge on any atom is -0.229 e. The number of hydrogen-bond donors (Lipinski definition) is 0. The molecule has 0 amide bonds. The largest absolute Gasteiger partial charge is 0.229 e. The molecule has 0 fully saturated rings. The van der Waals surface area contributed by atoms with Gasteiger partial charge in [0.1, 0.15) is 16.2 Å². The van der Waals surface area contributed by atoms with Crippen molar-refractivity contribution in [3.05, 3.63) is 41.0 Å². The van der Waals surface area contributed by atoms with Crippen LogP contribution in [0.4, 0.5) is 0 Å². The van der Waals surface area contributed by atoms with Gasteiger partial charge in [-0.15, -0.1) is 17.8 Å². The Balaban J connectivity index is 2.26. The van der Waals surface area contributed by atoms with Crippen molar-refractivity contribution in [3.8, 4) is 23.5 Å². The highest BCUT2D eigenvalue weighted by Crippen LogP contribution is 2.41. The fourth-order valence-corrected chi connectivity index (χ4v) is 4.30. The van der Waals surface area contributed by atoms with E-state index in [4.69, 9.17) is 6.42 Å². The van der Waals surface area contributed by atoms with Crippen LogP contribution in [0.1, 0.15) is 17.4 Å². The van der Waals surface area contributed by atoms with Crippen molar-refractivity contribution in [3.63, 3.8) is 0 Å². The van der Waals surface area contributed by atoms with Gasteiger partial charge in [-0.2, -0.15) is 0 Å². The Bertz CT molecular complexity index is 842. The summed E-state index contributed by atoms with van der Waals surface area (Å²) in [6.45, 7) is 4.29. The summed E-state index contributed by atoms with van der Waals surface area (Å²) in [5.74, 6) is 3.30. The molecule has 1 aromatic carbocycles. The van der Waals surface area contributed by atoms with E-state index in [9.17, 15) is 0 Å². The summed E-state index contributed by atoms with van der Waals surface area (Å²) in [6.07, 6.45) is 8.03. The van der Waals surface area contributed by atoms with Crippen LogP contribution in [-0.4, -0.2) is 15.7 Å². The Labute approximate surface area is 139 Å². The number of thiophene rings is 1. The molecule has 2 heterocycles. The van der Waals surface area contributed by atoms with Crippen LogP contribution in [0.25, 0.3) is 21.3 Å². The summed E-state index contributed by atoms with van der Waals surface area (Å²) in [5.41, 5.74) is 3.76. The van der Waals surface area contributed by atoms with E-state index in [0.717, 1.165) is 21.7 Å². The second-order valence-corrected chi connectivity index (χ2v) is 7.02. The molecule has 4 heteroatoms. The number of nitrogens with zero attached hydrogens (tertiary/aromatic N) is 2. The van der Waals surface area contributed by atoms with Crippen LogP contribution in [0.3, 0.4) is 0 Å². The molecule has 0 saturated heterocycles. The maximum atomic E-state index is 5.41. The molecule has 0 aliphatic carbocycles. The number of rotatable bonds is 4. The second kappa shape index (κ2) is 6.51. The summed E-state index contributed by atoms with van der Waals surface area (Å²) in [4.78, 5) is 11.3. The van der Waals surface area contributed by atoms with Crippen molar-refractivity contribution in [1.82, 2.24) is 9.97 Å². The number of thioether (sulfide) groups is 1. The van der Waals surface area contributed by atoms with Gasteiger partial charge in [0.2, 0.25) is 0 Å². The lowest BCUT2D eigenvalue weighted by atomic mass is 10.0. The van der Waals surface area contributed by atoms with E-state index in [1.165, 1.54) is 21.6 Å². The molecular weight excluding hydrogens is 308 g/mol. The molecule has 22 heavy (non-hydrogen) atoms. The van der Waals surface area contributed by atoms with Crippen LogP contribution >= 0.6 is 23.1 Å². The van der Waals surface area contributed by atoms with Crippen LogP contribution in [0.5, 0.6) is 0 Å². The number of fused-ring (bicyclic) bond motifs is 1. The summed E-state index contributed by atoms with van der Waals surface area (Å²) < 4.78 is 0. The first-order valence-corrected chi connectivity index (χ1v) is 8.94. The molecule has 3 aromatic rings. The molecule has 0 spiro atoms. The zero-order chi connectivity index (χ0) is 15.5. The second-order valence-electron chi connectivity index (χ2n) is 4.97. The minimum absolute atomic E-state index is 0.622. The Morgan fingerprint density at radius 3 is 2.68 bits per heavy atom. The average Bonchev–Trinajstić information content (AvgIpc) is 2.93. The van der Waals surface area contributed by atoms with Gasteiger partial charge in [-0.25, -0.2) is 9.97 Å². The Morgan fingerprint density at radius 1 is 1.23 bits per heavy atom. The van der Waals surface area contributed by atoms with Gasteiger partial charge >= 0.3 is 0 Å². The van der Waals surface area contributed by atoms with Crippen LogP contribution < -0.4 is 0 Å². The van der Waals surface area contributed by atoms with E-state index in [1.54, 1.807) is 29.4 Å². The fourth-order valence-electron chi connectivity index (χ4n) is 2.45. The molecule has 0 N–H and O–H groups in total. The van der Waals surface area contributed by atoms with Gasteiger partial charge < -0.3 is 0 Å². The first-order chi connectivity index (χ1) is 10.7. The standard InChI is InChI=1S/C18H16N2S2/c1-4-10-21-17-16-15(13-8-6-12(3)7-9-13)14(5-2)22-18(16)20-11-19-17/h1,6-9,11H,5,10H2,2-3H3. The van der Waals surface area contributed by atoms with E-state index in [-0.39, 0.29) is 0 Å². The van der Waals surface area contributed by atoms with Crippen molar-refractivity contribution in [1.29, 1.82) is 0 Å². The van der Waals surface area contributed by atoms with Gasteiger partial charge in [0.05, 0.1) is 11.1 Å². The maximum Gasteiger partial charge on any atom is 0.128 e. The van der Waals surface area contributed by atoms with E-state index < -0.39 is 0 Å². The molecule has 0 atom stereocenters. The Kier molecular flexibility index (Phi) is 4.47. The predicted octanol–water partition coefficient (Wildman–Crippen LogP) is 4.95. The summed E-state index contributed by atoms with van der Waals surface area (Å²) in [5, 5.41) is 2.13. The van der Waals surface area contributed by atoms with Crippen molar-refractivity contribution in [2.75, 3.05) is 5.75 Å². The first-order valence-electron chi connectivity index (χ1n) is 7.14. The van der Waals surface area contributed by atoms with Crippen molar-refractivity contribution >= 4 is 33.3 Å². The maximum absolute atomic E-state index is 5.41. The molecule has 0 saturated carbocycles. The number of hydrogen-bond acceptors (Lipinski definition) is 4. The average molecular weight is 324 g/mol. The third-order valence-corrected chi connectivity index (χ3v) is 5.62. The van der Waals surface area contributed by atoms with Gasteiger partial charge in [0.25, 0.3) is 0 Å². The summed E-state index contributed by atoms with van der Waals surface area (Å²) in [7, 11) is 0. The third kappa shape index (κ3) is 2.75. The zero-order valence-corrected chi connectivity index (χ0v) is 14.2.